The van der Waals surface area contributed by atoms with Crippen molar-refractivity contribution in [1.29, 1.82) is 0 Å². The lowest BCUT2D eigenvalue weighted by Crippen LogP contribution is -2.12. The molecule has 0 amide bonds. The molecule has 4 nitrogen and oxygen atoms in total. The van der Waals surface area contributed by atoms with Crippen molar-refractivity contribution in [3.05, 3.63) is 44.8 Å². The molecule has 0 spiro atoms. The molecule has 0 unspecified atom stereocenters. The van der Waals surface area contributed by atoms with Gasteiger partial charge in [-0.25, -0.2) is 4.79 Å². The van der Waals surface area contributed by atoms with Gasteiger partial charge < -0.3 is 10.2 Å². The molecule has 142 valence electrons. The van der Waals surface area contributed by atoms with Crippen molar-refractivity contribution in [1.82, 2.24) is 0 Å². The van der Waals surface area contributed by atoms with Gasteiger partial charge in [0, 0.05) is 28.3 Å². The fourth-order valence-corrected chi connectivity index (χ4v) is 3.72. The van der Waals surface area contributed by atoms with Gasteiger partial charge in [-0.2, -0.15) is 0 Å². The van der Waals surface area contributed by atoms with Crippen LogP contribution in [0.2, 0.25) is 5.02 Å². The quantitative estimate of drug-likeness (QED) is 0.381. The van der Waals surface area contributed by atoms with Crippen molar-refractivity contribution < 1.29 is 4.42 Å². The number of hydrogen-bond donors (Lipinski definition) is 1. The lowest BCUT2D eigenvalue weighted by Gasteiger charge is -2.10. The number of nitrogens with two attached hydrogens (primary N) is 1. The number of rotatable bonds is 7. The molecule has 0 aliphatic heterocycles. The highest BCUT2D eigenvalue weighted by atomic mass is 35.5. The molecule has 0 aliphatic rings. The zero-order valence-electron chi connectivity index (χ0n) is 15.8. The van der Waals surface area contributed by atoms with Gasteiger partial charge in [-0.15, -0.1) is 0 Å². The molecule has 1 heterocycles. The van der Waals surface area contributed by atoms with Crippen LogP contribution in [-0.4, -0.2) is 11.2 Å². The van der Waals surface area contributed by atoms with E-state index in [0.29, 0.717) is 27.4 Å². The van der Waals surface area contributed by atoms with Crippen LogP contribution < -0.4 is 11.4 Å². The maximum absolute atomic E-state index is 11.8. The molecule has 0 fully saturated rings. The van der Waals surface area contributed by atoms with Gasteiger partial charge in [0.2, 0.25) is 0 Å². The molecule has 0 saturated heterocycles. The standard InChI is InChI=1S/C20H27ClN2O2S/c1-12(2)6-5-7-14(4)23-20(22)26-11-15-9-19(24)25-18-8-13(3)17(21)10-16(15)18/h8-10,12,14H,5-7,11H2,1-4H3,(H2,22,23)/t14-/m0/s1. The first-order valence-corrected chi connectivity index (χ1v) is 10.3. The molecule has 0 saturated carbocycles. The Morgan fingerprint density at radius 2 is 2.00 bits per heavy atom. The first-order valence-electron chi connectivity index (χ1n) is 8.95. The van der Waals surface area contributed by atoms with Crippen LogP contribution in [0.1, 0.15) is 51.2 Å². The summed E-state index contributed by atoms with van der Waals surface area (Å²) in [5.74, 6) is 1.27. The summed E-state index contributed by atoms with van der Waals surface area (Å²) in [6.45, 7) is 8.43. The predicted octanol–water partition coefficient (Wildman–Crippen LogP) is 5.52. The number of fused-ring (bicyclic) bond motifs is 1. The van der Waals surface area contributed by atoms with Crippen LogP contribution in [0.4, 0.5) is 0 Å². The van der Waals surface area contributed by atoms with Gasteiger partial charge in [-0.05, 0) is 49.4 Å². The van der Waals surface area contributed by atoms with Gasteiger partial charge in [0.15, 0.2) is 5.17 Å². The van der Waals surface area contributed by atoms with Crippen LogP contribution >= 0.6 is 23.4 Å². The van der Waals surface area contributed by atoms with Crippen LogP contribution in [0.15, 0.2) is 32.4 Å². The van der Waals surface area contributed by atoms with Crippen molar-refractivity contribution in [2.24, 2.45) is 16.6 Å². The molecule has 1 atom stereocenters. The number of aliphatic imine (C=N–C) groups is 1. The van der Waals surface area contributed by atoms with Crippen molar-refractivity contribution >= 4 is 39.5 Å². The van der Waals surface area contributed by atoms with Crippen molar-refractivity contribution in [2.45, 2.75) is 58.8 Å². The highest BCUT2D eigenvalue weighted by Crippen LogP contribution is 2.27. The van der Waals surface area contributed by atoms with Gasteiger partial charge in [0.05, 0.1) is 0 Å². The smallest absolute Gasteiger partial charge is 0.336 e. The summed E-state index contributed by atoms with van der Waals surface area (Å²) >= 11 is 7.66. The minimum absolute atomic E-state index is 0.205. The average molecular weight is 395 g/mol. The monoisotopic (exact) mass is 394 g/mol. The second-order valence-electron chi connectivity index (χ2n) is 7.12. The highest BCUT2D eigenvalue weighted by Gasteiger charge is 2.10. The number of amidine groups is 1. The van der Waals surface area contributed by atoms with Crippen molar-refractivity contribution in [3.8, 4) is 0 Å². The number of halogens is 1. The lowest BCUT2D eigenvalue weighted by atomic mass is 10.0. The Morgan fingerprint density at radius 3 is 2.69 bits per heavy atom. The number of thioether (sulfide) groups is 1. The van der Waals surface area contributed by atoms with Gasteiger partial charge in [0.1, 0.15) is 5.58 Å². The third-order valence-electron chi connectivity index (χ3n) is 4.24. The summed E-state index contributed by atoms with van der Waals surface area (Å²) in [6.07, 6.45) is 3.40. The Hall–Kier alpha value is -1.46. The zero-order chi connectivity index (χ0) is 19.3. The number of hydrogen-bond acceptors (Lipinski definition) is 4. The first kappa shape index (κ1) is 20.8. The van der Waals surface area contributed by atoms with E-state index in [9.17, 15) is 4.79 Å². The Morgan fingerprint density at radius 1 is 1.27 bits per heavy atom. The fourth-order valence-electron chi connectivity index (χ4n) is 2.76. The van der Waals surface area contributed by atoms with E-state index in [2.05, 4.69) is 25.8 Å². The number of aryl methyl sites for hydroxylation is 1. The van der Waals surface area contributed by atoms with Crippen LogP contribution in [-0.2, 0) is 5.75 Å². The summed E-state index contributed by atoms with van der Waals surface area (Å²) in [6, 6.07) is 5.34. The maximum atomic E-state index is 11.8. The second-order valence-corrected chi connectivity index (χ2v) is 8.52. The maximum Gasteiger partial charge on any atom is 0.336 e. The van der Waals surface area contributed by atoms with Crippen LogP contribution in [0, 0.1) is 12.8 Å². The number of benzene rings is 1. The Balaban J connectivity index is 2.07. The Kier molecular flexibility index (Phi) is 7.59. The summed E-state index contributed by atoms with van der Waals surface area (Å²) < 4.78 is 5.29. The average Bonchev–Trinajstić information content (AvgIpc) is 2.54. The largest absolute Gasteiger partial charge is 0.423 e. The molecule has 0 bridgehead atoms. The minimum atomic E-state index is -0.368. The molecular formula is C20H27ClN2O2S. The Labute approximate surface area is 164 Å². The summed E-state index contributed by atoms with van der Waals surface area (Å²) in [5.41, 5.74) is 7.99. The van der Waals surface area contributed by atoms with E-state index in [4.69, 9.17) is 21.8 Å². The zero-order valence-corrected chi connectivity index (χ0v) is 17.4. The van der Waals surface area contributed by atoms with Crippen LogP contribution in [0.3, 0.4) is 0 Å². The molecule has 26 heavy (non-hydrogen) atoms. The first-order chi connectivity index (χ1) is 12.3. The second kappa shape index (κ2) is 9.47. The minimum Gasteiger partial charge on any atom is -0.423 e. The van der Waals surface area contributed by atoms with E-state index >= 15 is 0 Å². The normalized spacial score (nSPS) is 13.5. The topological polar surface area (TPSA) is 68.6 Å². The van der Waals surface area contributed by atoms with Gasteiger partial charge in [-0.1, -0.05) is 50.1 Å². The molecule has 2 rings (SSSR count). The summed E-state index contributed by atoms with van der Waals surface area (Å²) in [4.78, 5) is 16.4. The lowest BCUT2D eigenvalue weighted by molar-refractivity contribution is 0.512. The molecule has 1 aromatic carbocycles. The molecule has 2 aromatic rings. The SMILES string of the molecule is Cc1cc2oc(=O)cc(CSC(N)=N[C@@H](C)CCCC(C)C)c2cc1Cl. The van der Waals surface area contributed by atoms with E-state index in [1.54, 1.807) is 6.07 Å². The van der Waals surface area contributed by atoms with Crippen molar-refractivity contribution in [3.63, 3.8) is 0 Å². The van der Waals surface area contributed by atoms with E-state index < -0.39 is 0 Å². The van der Waals surface area contributed by atoms with Crippen LogP contribution in [0.5, 0.6) is 0 Å². The van der Waals surface area contributed by atoms with E-state index in [1.807, 2.05) is 13.0 Å². The third kappa shape index (κ3) is 6.06. The molecule has 6 heteroatoms. The van der Waals surface area contributed by atoms with E-state index in [-0.39, 0.29) is 11.7 Å². The van der Waals surface area contributed by atoms with E-state index in [1.165, 1.54) is 24.2 Å². The summed E-state index contributed by atoms with van der Waals surface area (Å²) in [7, 11) is 0. The van der Waals surface area contributed by atoms with Crippen molar-refractivity contribution in [2.75, 3.05) is 0 Å². The van der Waals surface area contributed by atoms with E-state index in [0.717, 1.165) is 29.4 Å². The molecular weight excluding hydrogens is 368 g/mol. The van der Waals surface area contributed by atoms with Gasteiger partial charge in [-0.3, -0.25) is 4.99 Å². The van der Waals surface area contributed by atoms with Gasteiger partial charge >= 0.3 is 5.63 Å². The third-order valence-corrected chi connectivity index (χ3v) is 5.50. The highest BCUT2D eigenvalue weighted by molar-refractivity contribution is 8.13. The number of nitrogens with zero attached hydrogens (tertiary/aromatic N) is 1. The summed E-state index contributed by atoms with van der Waals surface area (Å²) in [5, 5.41) is 2.03. The van der Waals surface area contributed by atoms with Crippen LogP contribution in [0.25, 0.3) is 11.0 Å². The Bertz CT molecular complexity index is 846. The molecule has 0 radical (unpaired) electrons. The fraction of sp³-hybridized carbons (Fsp3) is 0.500. The molecule has 2 N–H and O–H groups in total. The molecule has 0 aliphatic carbocycles. The predicted molar refractivity (Wildman–Crippen MR) is 113 cm³/mol. The molecule has 1 aromatic heterocycles. The van der Waals surface area contributed by atoms with Gasteiger partial charge in [0.25, 0.3) is 0 Å².